The Balaban J connectivity index is 2.29. The lowest BCUT2D eigenvalue weighted by Gasteiger charge is -2.15. The van der Waals surface area contributed by atoms with Crippen LogP contribution >= 0.6 is 46.4 Å². The number of hydrogen-bond donors (Lipinski definition) is 1. The molecule has 1 heterocycles. The number of nitrogens with two attached hydrogens (primary N) is 1. The number of aromatic nitrogens is 1. The highest BCUT2D eigenvalue weighted by Gasteiger charge is 2.18. The van der Waals surface area contributed by atoms with Crippen molar-refractivity contribution in [1.29, 1.82) is 0 Å². The highest BCUT2D eigenvalue weighted by Crippen LogP contribution is 2.43. The Labute approximate surface area is 153 Å². The maximum absolute atomic E-state index is 6.35. The zero-order valence-electron chi connectivity index (χ0n) is 11.7. The van der Waals surface area contributed by atoms with Gasteiger partial charge in [-0.05, 0) is 24.3 Å². The van der Waals surface area contributed by atoms with Crippen LogP contribution in [-0.4, -0.2) is 4.98 Å². The highest BCUT2D eigenvalue weighted by atomic mass is 35.5. The summed E-state index contributed by atoms with van der Waals surface area (Å²) in [4.78, 5) is 4.25. The molecular weight excluding hydrogens is 374 g/mol. The van der Waals surface area contributed by atoms with E-state index < -0.39 is 0 Å². The first-order valence-electron chi connectivity index (χ1n) is 6.63. The summed E-state index contributed by atoms with van der Waals surface area (Å²) >= 11 is 25.1. The molecule has 0 atom stereocenters. The molecule has 0 saturated heterocycles. The monoisotopic (exact) mass is 382 g/mol. The molecule has 0 amide bonds. The van der Waals surface area contributed by atoms with Gasteiger partial charge in [0, 0.05) is 34.6 Å². The van der Waals surface area contributed by atoms with E-state index in [2.05, 4.69) is 4.98 Å². The molecule has 0 aliphatic carbocycles. The molecular formula is C17H10Cl4N2. The molecule has 0 bridgehead atoms. The number of nitrogen functional groups attached to an aromatic ring is 1. The lowest BCUT2D eigenvalue weighted by atomic mass is 9.99. The van der Waals surface area contributed by atoms with Crippen molar-refractivity contribution in [3.05, 3.63) is 68.9 Å². The number of halogens is 4. The number of hydrogen-bond acceptors (Lipinski definition) is 2. The van der Waals surface area contributed by atoms with Crippen LogP contribution < -0.4 is 5.73 Å². The molecule has 3 rings (SSSR count). The van der Waals surface area contributed by atoms with Crippen LogP contribution in [0.5, 0.6) is 0 Å². The van der Waals surface area contributed by atoms with Crippen LogP contribution in [-0.2, 0) is 0 Å². The lowest BCUT2D eigenvalue weighted by molar-refractivity contribution is 1.33. The van der Waals surface area contributed by atoms with Gasteiger partial charge in [-0.1, -0.05) is 58.5 Å². The van der Waals surface area contributed by atoms with Gasteiger partial charge >= 0.3 is 0 Å². The summed E-state index contributed by atoms with van der Waals surface area (Å²) in [6, 6.07) is 10.5. The molecule has 116 valence electrons. The van der Waals surface area contributed by atoms with Crippen molar-refractivity contribution >= 4 is 52.1 Å². The Morgan fingerprint density at radius 3 is 1.35 bits per heavy atom. The van der Waals surface area contributed by atoms with Crippen LogP contribution in [0.25, 0.3) is 22.3 Å². The van der Waals surface area contributed by atoms with Crippen molar-refractivity contribution in [2.24, 2.45) is 0 Å². The number of anilines is 1. The number of rotatable bonds is 2. The third-order valence-corrected chi connectivity index (χ3v) is 4.71. The Hall–Kier alpha value is -1.45. The molecule has 0 fully saturated rings. The highest BCUT2D eigenvalue weighted by molar-refractivity contribution is 6.40. The second kappa shape index (κ2) is 6.58. The van der Waals surface area contributed by atoms with Crippen molar-refractivity contribution in [2.75, 3.05) is 5.73 Å². The Morgan fingerprint density at radius 2 is 1.00 bits per heavy atom. The van der Waals surface area contributed by atoms with Crippen LogP contribution in [0.1, 0.15) is 0 Å². The normalized spacial score (nSPS) is 10.8. The number of pyridine rings is 1. The zero-order valence-corrected chi connectivity index (χ0v) is 14.7. The standard InChI is InChI=1S/C17H10Cl4N2/c18-11-3-1-4-12(19)15(11)9-7-23-8-10(17(9)22)16-13(20)5-2-6-14(16)21/h1-8H,(H2,22,23). The van der Waals surface area contributed by atoms with Gasteiger partial charge in [0.05, 0.1) is 25.8 Å². The molecule has 0 saturated carbocycles. The predicted molar refractivity (Wildman–Crippen MR) is 99.6 cm³/mol. The Kier molecular flexibility index (Phi) is 4.69. The first kappa shape index (κ1) is 16.4. The van der Waals surface area contributed by atoms with E-state index in [0.29, 0.717) is 48.0 Å². The van der Waals surface area contributed by atoms with Gasteiger partial charge in [-0.3, -0.25) is 4.98 Å². The minimum absolute atomic E-state index is 0.463. The average molecular weight is 384 g/mol. The van der Waals surface area contributed by atoms with E-state index in [4.69, 9.17) is 52.1 Å². The van der Waals surface area contributed by atoms with Gasteiger partial charge in [0.15, 0.2) is 0 Å². The summed E-state index contributed by atoms with van der Waals surface area (Å²) in [6.45, 7) is 0. The van der Waals surface area contributed by atoms with Crippen molar-refractivity contribution in [3.63, 3.8) is 0 Å². The molecule has 2 N–H and O–H groups in total. The molecule has 1 aromatic heterocycles. The van der Waals surface area contributed by atoms with Gasteiger partial charge in [0.1, 0.15) is 0 Å². The van der Waals surface area contributed by atoms with Gasteiger partial charge in [-0.2, -0.15) is 0 Å². The molecule has 23 heavy (non-hydrogen) atoms. The largest absolute Gasteiger partial charge is 0.398 e. The molecule has 0 aliphatic heterocycles. The summed E-state index contributed by atoms with van der Waals surface area (Å²) in [5.41, 5.74) is 9.34. The van der Waals surface area contributed by atoms with Crippen molar-refractivity contribution in [3.8, 4) is 22.3 Å². The van der Waals surface area contributed by atoms with Crippen LogP contribution in [0, 0.1) is 0 Å². The quantitative estimate of drug-likeness (QED) is 0.540. The third kappa shape index (κ3) is 3.00. The third-order valence-electron chi connectivity index (χ3n) is 3.45. The molecule has 0 spiro atoms. The Bertz CT molecular complexity index is 784. The van der Waals surface area contributed by atoms with E-state index in [1.165, 1.54) is 0 Å². The van der Waals surface area contributed by atoms with E-state index in [1.54, 1.807) is 48.8 Å². The fourth-order valence-electron chi connectivity index (χ4n) is 2.38. The summed E-state index contributed by atoms with van der Waals surface area (Å²) in [5.74, 6) is 0. The molecule has 0 aliphatic rings. The molecule has 6 heteroatoms. The van der Waals surface area contributed by atoms with Gasteiger partial charge in [-0.25, -0.2) is 0 Å². The molecule has 3 aromatic rings. The molecule has 2 aromatic carbocycles. The number of nitrogens with zero attached hydrogens (tertiary/aromatic N) is 1. The maximum atomic E-state index is 6.35. The van der Waals surface area contributed by atoms with Crippen molar-refractivity contribution in [2.45, 2.75) is 0 Å². The van der Waals surface area contributed by atoms with E-state index in [-0.39, 0.29) is 0 Å². The van der Waals surface area contributed by atoms with Crippen LogP contribution in [0.2, 0.25) is 20.1 Å². The minimum atomic E-state index is 0.463. The maximum Gasteiger partial charge on any atom is 0.0506 e. The minimum Gasteiger partial charge on any atom is -0.398 e. The fraction of sp³-hybridized carbons (Fsp3) is 0. The SMILES string of the molecule is Nc1c(-c2c(Cl)cccc2Cl)cncc1-c1c(Cl)cccc1Cl. The second-order valence-corrected chi connectivity index (χ2v) is 6.47. The topological polar surface area (TPSA) is 38.9 Å². The predicted octanol–water partition coefficient (Wildman–Crippen LogP) is 6.61. The first-order chi connectivity index (χ1) is 11.0. The average Bonchev–Trinajstić information content (AvgIpc) is 2.50. The van der Waals surface area contributed by atoms with E-state index in [0.717, 1.165) is 0 Å². The summed E-state index contributed by atoms with van der Waals surface area (Å²) in [5, 5.41) is 1.98. The van der Waals surface area contributed by atoms with Crippen LogP contribution in [0.15, 0.2) is 48.8 Å². The van der Waals surface area contributed by atoms with E-state index in [9.17, 15) is 0 Å². The fourth-order valence-corrected chi connectivity index (χ4v) is 3.58. The van der Waals surface area contributed by atoms with Crippen molar-refractivity contribution in [1.82, 2.24) is 4.98 Å². The molecule has 0 radical (unpaired) electrons. The molecule has 2 nitrogen and oxygen atoms in total. The van der Waals surface area contributed by atoms with Crippen LogP contribution in [0.4, 0.5) is 5.69 Å². The zero-order chi connectivity index (χ0) is 16.6. The smallest absolute Gasteiger partial charge is 0.0506 e. The molecule has 0 unspecified atom stereocenters. The summed E-state index contributed by atoms with van der Waals surface area (Å²) in [6.07, 6.45) is 3.24. The first-order valence-corrected chi connectivity index (χ1v) is 8.14. The van der Waals surface area contributed by atoms with Gasteiger partial charge in [0.2, 0.25) is 0 Å². The van der Waals surface area contributed by atoms with Gasteiger partial charge < -0.3 is 5.73 Å². The second-order valence-electron chi connectivity index (χ2n) is 4.84. The summed E-state index contributed by atoms with van der Waals surface area (Å²) in [7, 11) is 0. The van der Waals surface area contributed by atoms with E-state index in [1.807, 2.05) is 0 Å². The van der Waals surface area contributed by atoms with Gasteiger partial charge in [-0.15, -0.1) is 0 Å². The number of benzene rings is 2. The van der Waals surface area contributed by atoms with Gasteiger partial charge in [0.25, 0.3) is 0 Å². The summed E-state index contributed by atoms with van der Waals surface area (Å²) < 4.78 is 0. The lowest BCUT2D eigenvalue weighted by Crippen LogP contribution is -1.97. The van der Waals surface area contributed by atoms with Crippen LogP contribution in [0.3, 0.4) is 0 Å². The Morgan fingerprint density at radius 1 is 0.652 bits per heavy atom. The van der Waals surface area contributed by atoms with Crippen molar-refractivity contribution < 1.29 is 0 Å². The van der Waals surface area contributed by atoms with E-state index >= 15 is 0 Å².